The van der Waals surface area contributed by atoms with Crippen LogP contribution in [0, 0.1) is 12.7 Å². The molecule has 0 unspecified atom stereocenters. The van der Waals surface area contributed by atoms with E-state index in [0.717, 1.165) is 31.1 Å². The molecule has 0 spiro atoms. The lowest BCUT2D eigenvalue weighted by Gasteiger charge is -2.34. The molecule has 1 aliphatic rings. The zero-order chi connectivity index (χ0) is 15.7. The van der Waals surface area contributed by atoms with E-state index in [9.17, 15) is 4.39 Å². The number of morpholine rings is 1. The number of hydrogen-bond donors (Lipinski definition) is 0. The van der Waals surface area contributed by atoms with Crippen LogP contribution < -0.4 is 0 Å². The fourth-order valence-electron chi connectivity index (χ4n) is 2.95. The maximum absolute atomic E-state index is 13.3. The van der Waals surface area contributed by atoms with Crippen molar-refractivity contribution in [2.75, 3.05) is 13.1 Å². The van der Waals surface area contributed by atoms with Crippen LogP contribution in [0.5, 0.6) is 0 Å². The second kappa shape index (κ2) is 6.18. The van der Waals surface area contributed by atoms with Crippen molar-refractivity contribution < 1.29 is 13.5 Å². The van der Waals surface area contributed by atoms with Crippen LogP contribution in [-0.4, -0.2) is 35.2 Å². The Morgan fingerprint density at radius 3 is 2.68 bits per heavy atom. The number of oxazole rings is 1. The molecule has 0 bridgehead atoms. The van der Waals surface area contributed by atoms with E-state index in [2.05, 4.69) is 23.7 Å². The third-order valence-electron chi connectivity index (χ3n) is 3.83. The van der Waals surface area contributed by atoms with Crippen LogP contribution in [-0.2, 0) is 11.3 Å². The molecule has 2 aromatic rings. The SMILES string of the molecule is Cc1oc(-c2cccc(F)c2)nc1CN1C[C@@H](C)O[C@@H](C)C1. The van der Waals surface area contributed by atoms with Gasteiger partial charge in [0.25, 0.3) is 0 Å². The quantitative estimate of drug-likeness (QED) is 0.871. The highest BCUT2D eigenvalue weighted by Crippen LogP contribution is 2.24. The number of rotatable bonds is 3. The van der Waals surface area contributed by atoms with Crippen LogP contribution in [0.4, 0.5) is 4.39 Å². The number of hydrogen-bond acceptors (Lipinski definition) is 4. The molecule has 1 saturated heterocycles. The highest BCUT2D eigenvalue weighted by molar-refractivity contribution is 5.53. The minimum atomic E-state index is -0.286. The summed E-state index contributed by atoms with van der Waals surface area (Å²) in [5.74, 6) is 0.971. The van der Waals surface area contributed by atoms with E-state index in [1.807, 2.05) is 6.92 Å². The second-order valence-electron chi connectivity index (χ2n) is 5.98. The highest BCUT2D eigenvalue weighted by Gasteiger charge is 2.24. The monoisotopic (exact) mass is 304 g/mol. The molecule has 0 amide bonds. The average molecular weight is 304 g/mol. The summed E-state index contributed by atoms with van der Waals surface area (Å²) in [4.78, 5) is 6.87. The van der Waals surface area contributed by atoms with Crippen LogP contribution in [0.25, 0.3) is 11.5 Å². The molecule has 22 heavy (non-hydrogen) atoms. The smallest absolute Gasteiger partial charge is 0.226 e. The first-order chi connectivity index (χ1) is 10.5. The van der Waals surface area contributed by atoms with E-state index in [1.165, 1.54) is 12.1 Å². The molecule has 1 aromatic heterocycles. The maximum atomic E-state index is 13.3. The molecular weight excluding hydrogens is 283 g/mol. The molecular formula is C17H21FN2O2. The van der Waals surface area contributed by atoms with Gasteiger partial charge in [0.15, 0.2) is 0 Å². The normalized spacial score (nSPS) is 22.9. The van der Waals surface area contributed by atoms with E-state index in [0.29, 0.717) is 11.5 Å². The van der Waals surface area contributed by atoms with Gasteiger partial charge < -0.3 is 9.15 Å². The van der Waals surface area contributed by atoms with Gasteiger partial charge >= 0.3 is 0 Å². The van der Waals surface area contributed by atoms with Gasteiger partial charge in [-0.3, -0.25) is 4.90 Å². The van der Waals surface area contributed by atoms with Crippen molar-refractivity contribution in [3.63, 3.8) is 0 Å². The maximum Gasteiger partial charge on any atom is 0.226 e. The van der Waals surface area contributed by atoms with Crippen molar-refractivity contribution in [1.82, 2.24) is 9.88 Å². The van der Waals surface area contributed by atoms with E-state index in [1.54, 1.807) is 12.1 Å². The fourth-order valence-corrected chi connectivity index (χ4v) is 2.95. The predicted molar refractivity (Wildman–Crippen MR) is 81.9 cm³/mol. The molecule has 1 fully saturated rings. The Bertz CT molecular complexity index is 646. The Hall–Kier alpha value is -1.72. The largest absolute Gasteiger partial charge is 0.441 e. The summed E-state index contributed by atoms with van der Waals surface area (Å²) in [6.45, 7) is 8.55. The molecule has 0 N–H and O–H groups in total. The van der Waals surface area contributed by atoms with Gasteiger partial charge in [-0.2, -0.15) is 0 Å². The van der Waals surface area contributed by atoms with Gasteiger partial charge in [0, 0.05) is 25.2 Å². The first kappa shape index (κ1) is 15.2. The van der Waals surface area contributed by atoms with Gasteiger partial charge in [-0.05, 0) is 39.0 Å². The fraction of sp³-hybridized carbons (Fsp3) is 0.471. The minimum Gasteiger partial charge on any atom is -0.441 e. The van der Waals surface area contributed by atoms with Crippen LogP contribution >= 0.6 is 0 Å². The summed E-state index contributed by atoms with van der Waals surface area (Å²) in [5, 5.41) is 0. The summed E-state index contributed by atoms with van der Waals surface area (Å²) in [5.41, 5.74) is 1.57. The third-order valence-corrected chi connectivity index (χ3v) is 3.83. The van der Waals surface area contributed by atoms with Crippen LogP contribution in [0.15, 0.2) is 28.7 Å². The molecule has 2 heterocycles. The van der Waals surface area contributed by atoms with Gasteiger partial charge in [0.05, 0.1) is 17.9 Å². The summed E-state index contributed by atoms with van der Waals surface area (Å²) in [7, 11) is 0. The summed E-state index contributed by atoms with van der Waals surface area (Å²) in [6.07, 6.45) is 0.442. The third kappa shape index (κ3) is 3.36. The van der Waals surface area contributed by atoms with E-state index < -0.39 is 0 Å². The number of aryl methyl sites for hydroxylation is 1. The van der Waals surface area contributed by atoms with Crippen molar-refractivity contribution >= 4 is 0 Å². The standard InChI is InChI=1S/C17H21FN2O2/c1-11-8-20(9-12(2)21-11)10-16-13(3)22-17(19-16)14-5-4-6-15(18)7-14/h4-7,11-12H,8-10H2,1-3H3/t11-,12+. The van der Waals surface area contributed by atoms with Crippen molar-refractivity contribution in [2.45, 2.75) is 39.5 Å². The zero-order valence-corrected chi connectivity index (χ0v) is 13.2. The summed E-state index contributed by atoms with van der Waals surface area (Å²) < 4.78 is 24.8. The molecule has 3 rings (SSSR count). The Morgan fingerprint density at radius 2 is 2.00 bits per heavy atom. The van der Waals surface area contributed by atoms with Crippen LogP contribution in [0.2, 0.25) is 0 Å². The Labute approximate surface area is 129 Å². The number of nitrogens with zero attached hydrogens (tertiary/aromatic N) is 2. The predicted octanol–water partition coefficient (Wildman–Crippen LogP) is 3.40. The molecule has 0 aliphatic carbocycles. The summed E-state index contributed by atoms with van der Waals surface area (Å²) in [6, 6.07) is 6.32. The van der Waals surface area contributed by atoms with Crippen molar-refractivity contribution in [1.29, 1.82) is 0 Å². The summed E-state index contributed by atoms with van der Waals surface area (Å²) >= 11 is 0. The molecule has 5 heteroatoms. The van der Waals surface area contributed by atoms with Gasteiger partial charge in [-0.1, -0.05) is 6.07 Å². The topological polar surface area (TPSA) is 38.5 Å². The van der Waals surface area contributed by atoms with Crippen LogP contribution in [0.3, 0.4) is 0 Å². The minimum absolute atomic E-state index is 0.221. The lowest BCUT2D eigenvalue weighted by Crippen LogP contribution is -2.44. The van der Waals surface area contributed by atoms with Crippen molar-refractivity contribution in [2.24, 2.45) is 0 Å². The average Bonchev–Trinajstić information content (AvgIpc) is 2.79. The Balaban J connectivity index is 1.78. The zero-order valence-electron chi connectivity index (χ0n) is 13.2. The molecule has 0 radical (unpaired) electrons. The van der Waals surface area contributed by atoms with Crippen molar-refractivity contribution in [3.8, 4) is 11.5 Å². The van der Waals surface area contributed by atoms with Gasteiger partial charge in [0.2, 0.25) is 5.89 Å². The van der Waals surface area contributed by atoms with Gasteiger partial charge in [-0.15, -0.1) is 0 Å². The molecule has 118 valence electrons. The molecule has 4 nitrogen and oxygen atoms in total. The number of ether oxygens (including phenoxy) is 1. The van der Waals surface area contributed by atoms with E-state index in [-0.39, 0.29) is 18.0 Å². The number of aromatic nitrogens is 1. The Morgan fingerprint density at radius 1 is 1.27 bits per heavy atom. The molecule has 0 saturated carbocycles. The first-order valence-electron chi connectivity index (χ1n) is 7.61. The van der Waals surface area contributed by atoms with Crippen molar-refractivity contribution in [3.05, 3.63) is 41.5 Å². The number of halogens is 1. The lowest BCUT2D eigenvalue weighted by atomic mass is 10.2. The first-order valence-corrected chi connectivity index (χ1v) is 7.61. The number of benzene rings is 1. The highest BCUT2D eigenvalue weighted by atomic mass is 19.1. The van der Waals surface area contributed by atoms with E-state index in [4.69, 9.17) is 9.15 Å². The van der Waals surface area contributed by atoms with Crippen LogP contribution in [0.1, 0.15) is 25.3 Å². The van der Waals surface area contributed by atoms with E-state index >= 15 is 0 Å². The Kier molecular flexibility index (Phi) is 4.27. The van der Waals surface area contributed by atoms with Gasteiger partial charge in [-0.25, -0.2) is 9.37 Å². The van der Waals surface area contributed by atoms with Gasteiger partial charge in [0.1, 0.15) is 11.6 Å². The second-order valence-corrected chi connectivity index (χ2v) is 5.98. The molecule has 1 aromatic carbocycles. The molecule has 1 aliphatic heterocycles. The molecule has 2 atom stereocenters. The lowest BCUT2D eigenvalue weighted by molar-refractivity contribution is -0.0708.